The molecule has 0 atom stereocenters. The number of non-ortho nitro benzene ring substituents is 1. The molecule has 102 valence electrons. The molecule has 8 heteroatoms. The van der Waals surface area contributed by atoms with Gasteiger partial charge in [0.2, 0.25) is 0 Å². The highest BCUT2D eigenvalue weighted by Gasteiger charge is 2.21. The zero-order valence-corrected chi connectivity index (χ0v) is 10.6. The van der Waals surface area contributed by atoms with Crippen molar-refractivity contribution in [2.75, 3.05) is 26.3 Å². The molecule has 0 radical (unpaired) electrons. The average Bonchev–Trinajstić information content (AvgIpc) is 2.77. The highest BCUT2D eigenvalue weighted by atomic mass is 35.5. The minimum atomic E-state index is -0.532. The van der Waals surface area contributed by atoms with Crippen LogP contribution in [0.2, 0.25) is 5.02 Å². The van der Waals surface area contributed by atoms with Crippen LogP contribution in [0.15, 0.2) is 18.2 Å². The number of halogens is 1. The van der Waals surface area contributed by atoms with E-state index in [0.717, 1.165) is 0 Å². The van der Waals surface area contributed by atoms with Crippen LogP contribution in [0.4, 0.5) is 10.5 Å². The van der Waals surface area contributed by atoms with Crippen LogP contribution < -0.4 is 4.74 Å². The molecular formula is C11H11ClN2O5. The van der Waals surface area contributed by atoms with E-state index in [4.69, 9.17) is 21.1 Å². The van der Waals surface area contributed by atoms with Crippen molar-refractivity contribution in [1.82, 2.24) is 4.90 Å². The van der Waals surface area contributed by atoms with E-state index in [1.165, 1.54) is 23.1 Å². The Bertz CT molecular complexity index is 508. The largest absolute Gasteiger partial charge is 0.490 e. The number of hydrogen-bond donors (Lipinski definition) is 0. The van der Waals surface area contributed by atoms with Crippen molar-refractivity contribution in [2.45, 2.75) is 0 Å². The fraction of sp³-hybridized carbons (Fsp3) is 0.364. The Balaban J connectivity index is 1.89. The third kappa shape index (κ3) is 3.25. The quantitative estimate of drug-likeness (QED) is 0.611. The van der Waals surface area contributed by atoms with Gasteiger partial charge in [-0.15, -0.1) is 0 Å². The average molecular weight is 287 g/mol. The lowest BCUT2D eigenvalue weighted by Gasteiger charge is -2.13. The molecule has 0 spiro atoms. The first-order valence-electron chi connectivity index (χ1n) is 5.56. The highest BCUT2D eigenvalue weighted by molar-refractivity contribution is 6.32. The second kappa shape index (κ2) is 5.75. The van der Waals surface area contributed by atoms with Crippen molar-refractivity contribution in [2.24, 2.45) is 0 Å². The first kappa shape index (κ1) is 13.4. The number of carbonyl (C=O) groups is 1. The summed E-state index contributed by atoms with van der Waals surface area (Å²) in [4.78, 5) is 22.7. The van der Waals surface area contributed by atoms with Gasteiger partial charge < -0.3 is 14.4 Å². The summed E-state index contributed by atoms with van der Waals surface area (Å²) in [5.74, 6) is 0.347. The van der Waals surface area contributed by atoms with E-state index < -0.39 is 4.92 Å². The molecule has 1 fully saturated rings. The summed E-state index contributed by atoms with van der Waals surface area (Å²) in [7, 11) is 0. The van der Waals surface area contributed by atoms with E-state index in [-0.39, 0.29) is 23.4 Å². The maximum Gasteiger partial charge on any atom is 0.410 e. The summed E-state index contributed by atoms with van der Waals surface area (Å²) in [6, 6.07) is 3.97. The Kier molecular flexibility index (Phi) is 4.06. The summed E-state index contributed by atoms with van der Waals surface area (Å²) in [6.07, 6.45) is -0.363. The van der Waals surface area contributed by atoms with Crippen LogP contribution in [0.25, 0.3) is 0 Å². The molecule has 1 aliphatic rings. The summed E-state index contributed by atoms with van der Waals surface area (Å²) < 4.78 is 10.1. The Morgan fingerprint density at radius 3 is 2.89 bits per heavy atom. The molecule has 0 bridgehead atoms. The number of nitro benzene ring substituents is 1. The normalized spacial score (nSPS) is 14.4. The van der Waals surface area contributed by atoms with Gasteiger partial charge >= 0.3 is 6.09 Å². The van der Waals surface area contributed by atoms with Gasteiger partial charge in [-0.05, 0) is 6.07 Å². The van der Waals surface area contributed by atoms with E-state index in [2.05, 4.69) is 0 Å². The number of rotatable bonds is 5. The number of amides is 1. The van der Waals surface area contributed by atoms with Crippen LogP contribution in [0.1, 0.15) is 0 Å². The lowest BCUT2D eigenvalue weighted by molar-refractivity contribution is -0.384. The van der Waals surface area contributed by atoms with Crippen LogP contribution in [-0.2, 0) is 4.74 Å². The second-order valence-corrected chi connectivity index (χ2v) is 4.23. The Hall–Kier alpha value is -2.02. The molecule has 1 aliphatic heterocycles. The van der Waals surface area contributed by atoms with E-state index in [9.17, 15) is 14.9 Å². The van der Waals surface area contributed by atoms with Gasteiger partial charge in [0.15, 0.2) is 0 Å². The maximum absolute atomic E-state index is 11.2. The first-order valence-corrected chi connectivity index (χ1v) is 5.94. The van der Waals surface area contributed by atoms with Crippen molar-refractivity contribution >= 4 is 23.4 Å². The van der Waals surface area contributed by atoms with Crippen LogP contribution in [0, 0.1) is 10.1 Å². The minimum Gasteiger partial charge on any atom is -0.490 e. The lowest BCUT2D eigenvalue weighted by atomic mass is 10.3. The monoisotopic (exact) mass is 286 g/mol. The first-order chi connectivity index (χ1) is 9.08. The number of nitrogens with zero attached hydrogens (tertiary/aromatic N) is 2. The molecule has 0 unspecified atom stereocenters. The van der Waals surface area contributed by atoms with Crippen LogP contribution >= 0.6 is 11.6 Å². The van der Waals surface area contributed by atoms with Gasteiger partial charge in [-0.2, -0.15) is 0 Å². The molecule has 0 aliphatic carbocycles. The molecule has 2 rings (SSSR count). The number of hydrogen-bond acceptors (Lipinski definition) is 5. The molecule has 1 aromatic carbocycles. The van der Waals surface area contributed by atoms with Gasteiger partial charge in [0.1, 0.15) is 19.0 Å². The predicted molar refractivity (Wildman–Crippen MR) is 66.5 cm³/mol. The van der Waals surface area contributed by atoms with Crippen molar-refractivity contribution in [3.05, 3.63) is 33.3 Å². The Morgan fingerprint density at radius 2 is 2.32 bits per heavy atom. The van der Waals surface area contributed by atoms with Gasteiger partial charge in [-0.25, -0.2) is 4.79 Å². The van der Waals surface area contributed by atoms with Crippen LogP contribution in [0.3, 0.4) is 0 Å². The minimum absolute atomic E-state index is 0.0968. The predicted octanol–water partition coefficient (Wildman–Crippen LogP) is 2.08. The molecule has 1 amide bonds. The SMILES string of the molecule is O=C1OCCN1CCOc1ccc([N+](=O)[O-])cc1Cl. The van der Waals surface area contributed by atoms with Crippen LogP contribution in [-0.4, -0.2) is 42.2 Å². The van der Waals surface area contributed by atoms with E-state index >= 15 is 0 Å². The molecule has 0 aromatic heterocycles. The number of nitro groups is 1. The third-order valence-corrected chi connectivity index (χ3v) is 2.89. The second-order valence-electron chi connectivity index (χ2n) is 3.82. The van der Waals surface area contributed by atoms with Crippen molar-refractivity contribution in [3.8, 4) is 5.75 Å². The molecule has 0 saturated carbocycles. The van der Waals surface area contributed by atoms with Gasteiger partial charge in [0.25, 0.3) is 5.69 Å². The van der Waals surface area contributed by atoms with Crippen molar-refractivity contribution in [1.29, 1.82) is 0 Å². The summed E-state index contributed by atoms with van der Waals surface area (Å²) in [5, 5.41) is 10.7. The molecule has 7 nitrogen and oxygen atoms in total. The standard InChI is InChI=1S/C11H11ClN2O5/c12-9-7-8(14(16)17)1-2-10(9)18-5-3-13-4-6-19-11(13)15/h1-2,7H,3-6H2. The fourth-order valence-electron chi connectivity index (χ4n) is 1.61. The van der Waals surface area contributed by atoms with Crippen molar-refractivity contribution < 1.29 is 19.2 Å². The zero-order chi connectivity index (χ0) is 13.8. The summed E-state index contributed by atoms with van der Waals surface area (Å²) in [6.45, 7) is 1.55. The Labute approximate surface area is 113 Å². The van der Waals surface area contributed by atoms with E-state index in [1.54, 1.807) is 0 Å². The van der Waals surface area contributed by atoms with Gasteiger partial charge in [0, 0.05) is 12.1 Å². The lowest BCUT2D eigenvalue weighted by Crippen LogP contribution is -2.29. The van der Waals surface area contributed by atoms with Crippen molar-refractivity contribution in [3.63, 3.8) is 0 Å². The number of benzene rings is 1. The number of cyclic esters (lactones) is 1. The summed E-state index contributed by atoms with van der Waals surface area (Å²) >= 11 is 5.86. The molecule has 0 N–H and O–H groups in total. The maximum atomic E-state index is 11.2. The number of ether oxygens (including phenoxy) is 2. The molecule has 19 heavy (non-hydrogen) atoms. The molecular weight excluding hydrogens is 276 g/mol. The van der Waals surface area contributed by atoms with E-state index in [1.807, 2.05) is 0 Å². The fourth-order valence-corrected chi connectivity index (χ4v) is 1.84. The van der Waals surface area contributed by atoms with Gasteiger partial charge in [0.05, 0.1) is 23.0 Å². The molecule has 1 aromatic rings. The van der Waals surface area contributed by atoms with Crippen LogP contribution in [0.5, 0.6) is 5.75 Å². The third-order valence-electron chi connectivity index (χ3n) is 2.59. The van der Waals surface area contributed by atoms with Gasteiger partial charge in [-0.1, -0.05) is 11.6 Å². The van der Waals surface area contributed by atoms with E-state index in [0.29, 0.717) is 25.4 Å². The smallest absolute Gasteiger partial charge is 0.410 e. The molecule has 1 saturated heterocycles. The Morgan fingerprint density at radius 1 is 1.53 bits per heavy atom. The summed E-state index contributed by atoms with van der Waals surface area (Å²) in [5.41, 5.74) is -0.0968. The number of carbonyl (C=O) groups excluding carboxylic acids is 1. The highest BCUT2D eigenvalue weighted by Crippen LogP contribution is 2.28. The topological polar surface area (TPSA) is 81.9 Å². The zero-order valence-electron chi connectivity index (χ0n) is 9.87. The van der Waals surface area contributed by atoms with Gasteiger partial charge in [-0.3, -0.25) is 10.1 Å². The molecule has 1 heterocycles.